The number of ether oxygens (including phenoxy) is 1. The van der Waals surface area contributed by atoms with Crippen LogP contribution in [0.5, 0.6) is 5.75 Å². The molecule has 0 amide bonds. The molecule has 1 aliphatic heterocycles. The number of nitrogens with one attached hydrogen (secondary N) is 1. The summed E-state index contributed by atoms with van der Waals surface area (Å²) in [5.41, 5.74) is -0.399. The van der Waals surface area contributed by atoms with Crippen molar-refractivity contribution >= 4 is 0 Å². The third-order valence-electron chi connectivity index (χ3n) is 3.37. The minimum Gasteiger partial charge on any atom is -0.472 e. The van der Waals surface area contributed by atoms with Gasteiger partial charge in [-0.25, -0.2) is 9.97 Å². The number of hydrogen-bond donors (Lipinski definition) is 1. The Morgan fingerprint density at radius 3 is 2.59 bits per heavy atom. The van der Waals surface area contributed by atoms with Gasteiger partial charge in [0.1, 0.15) is 6.23 Å². The van der Waals surface area contributed by atoms with Crippen molar-refractivity contribution in [2.45, 2.75) is 25.2 Å². The Hall–Kier alpha value is -2.15. The highest BCUT2D eigenvalue weighted by Crippen LogP contribution is 2.31. The minimum absolute atomic E-state index is 0.0528. The molecule has 0 saturated carbocycles. The first-order valence-electron chi connectivity index (χ1n) is 6.92. The van der Waals surface area contributed by atoms with Crippen LogP contribution in [0.15, 0.2) is 36.7 Å². The third-order valence-corrected chi connectivity index (χ3v) is 3.37. The highest BCUT2D eigenvalue weighted by molar-refractivity contribution is 5.56. The van der Waals surface area contributed by atoms with Crippen molar-refractivity contribution in [3.8, 4) is 17.1 Å². The monoisotopic (exact) mass is 309 g/mol. The van der Waals surface area contributed by atoms with Crippen LogP contribution >= 0.6 is 0 Å². The second-order valence-electron chi connectivity index (χ2n) is 5.02. The van der Waals surface area contributed by atoms with E-state index in [-0.39, 0.29) is 12.1 Å². The first-order chi connectivity index (χ1) is 10.5. The lowest BCUT2D eigenvalue weighted by molar-refractivity contribution is -0.137. The van der Waals surface area contributed by atoms with E-state index >= 15 is 0 Å². The maximum Gasteiger partial charge on any atom is 0.416 e. The summed E-state index contributed by atoms with van der Waals surface area (Å²) in [6.45, 7) is 0.911. The molecule has 2 heterocycles. The first kappa shape index (κ1) is 14.8. The summed E-state index contributed by atoms with van der Waals surface area (Å²) in [5, 5.41) is 3.17. The molecule has 0 spiro atoms. The summed E-state index contributed by atoms with van der Waals surface area (Å²) >= 11 is 0. The van der Waals surface area contributed by atoms with Gasteiger partial charge in [-0.2, -0.15) is 13.2 Å². The van der Waals surface area contributed by atoms with Gasteiger partial charge in [0.2, 0.25) is 0 Å². The number of hydrogen-bond acceptors (Lipinski definition) is 4. The molecule has 1 N–H and O–H groups in total. The largest absolute Gasteiger partial charge is 0.472 e. The van der Waals surface area contributed by atoms with E-state index in [1.165, 1.54) is 18.5 Å². The normalized spacial score (nSPS) is 18.4. The van der Waals surface area contributed by atoms with Crippen LogP contribution in [-0.2, 0) is 6.18 Å². The van der Waals surface area contributed by atoms with Crippen LogP contribution in [0.25, 0.3) is 11.4 Å². The molecule has 1 aliphatic rings. The molecule has 22 heavy (non-hydrogen) atoms. The van der Waals surface area contributed by atoms with Crippen LogP contribution in [0, 0.1) is 0 Å². The van der Waals surface area contributed by atoms with E-state index in [1.54, 1.807) is 6.07 Å². The number of halogens is 3. The van der Waals surface area contributed by atoms with Gasteiger partial charge in [0.25, 0.3) is 0 Å². The molecule has 1 aromatic heterocycles. The Morgan fingerprint density at radius 1 is 1.18 bits per heavy atom. The predicted octanol–water partition coefficient (Wildman–Crippen LogP) is 3.25. The Labute approximate surface area is 125 Å². The van der Waals surface area contributed by atoms with Gasteiger partial charge in [0.15, 0.2) is 11.6 Å². The highest BCUT2D eigenvalue weighted by Gasteiger charge is 2.30. The molecule has 3 rings (SSSR count). The topological polar surface area (TPSA) is 47.0 Å². The van der Waals surface area contributed by atoms with Crippen LogP contribution in [0.3, 0.4) is 0 Å². The Kier molecular flexibility index (Phi) is 3.98. The van der Waals surface area contributed by atoms with Gasteiger partial charge in [-0.1, -0.05) is 12.1 Å². The lowest BCUT2D eigenvalue weighted by Crippen LogP contribution is -2.27. The van der Waals surface area contributed by atoms with Crippen LogP contribution < -0.4 is 10.1 Å². The fourth-order valence-electron chi connectivity index (χ4n) is 2.28. The third kappa shape index (κ3) is 3.36. The Bertz CT molecular complexity index is 637. The number of benzene rings is 1. The predicted molar refractivity (Wildman–Crippen MR) is 74.1 cm³/mol. The molecule has 116 valence electrons. The maximum atomic E-state index is 12.7. The zero-order valence-corrected chi connectivity index (χ0v) is 11.6. The summed E-state index contributed by atoms with van der Waals surface area (Å²) < 4.78 is 43.7. The zero-order valence-electron chi connectivity index (χ0n) is 11.6. The van der Waals surface area contributed by atoms with Crippen LogP contribution in [0.2, 0.25) is 0 Å². The minimum atomic E-state index is -4.38. The number of alkyl halides is 3. The van der Waals surface area contributed by atoms with Gasteiger partial charge < -0.3 is 4.74 Å². The van der Waals surface area contributed by atoms with E-state index in [9.17, 15) is 13.2 Å². The van der Waals surface area contributed by atoms with Gasteiger partial charge in [0.05, 0.1) is 18.0 Å². The van der Waals surface area contributed by atoms with Crippen molar-refractivity contribution in [1.29, 1.82) is 0 Å². The van der Waals surface area contributed by atoms with Crippen molar-refractivity contribution in [2.75, 3.05) is 6.54 Å². The number of aromatic nitrogens is 2. The first-order valence-corrected chi connectivity index (χ1v) is 6.92. The fraction of sp³-hybridized carbons (Fsp3) is 0.333. The van der Waals surface area contributed by atoms with Gasteiger partial charge in [0, 0.05) is 5.56 Å². The summed E-state index contributed by atoms with van der Waals surface area (Å²) in [4.78, 5) is 8.17. The van der Waals surface area contributed by atoms with Crippen molar-refractivity contribution in [3.63, 3.8) is 0 Å². The standard InChI is InChI=1S/C15H14F3N3O/c16-15(17,18)11-4-1-3-10(7-11)14-20-8-12(9-21-14)22-13-5-2-6-19-13/h1,3-4,7-9,13,19H,2,5-6H2. The molecule has 0 aliphatic carbocycles. The Morgan fingerprint density at radius 2 is 1.95 bits per heavy atom. The summed E-state index contributed by atoms with van der Waals surface area (Å²) in [6, 6.07) is 4.94. The summed E-state index contributed by atoms with van der Waals surface area (Å²) in [5.74, 6) is 0.730. The van der Waals surface area contributed by atoms with E-state index in [0.29, 0.717) is 11.3 Å². The summed E-state index contributed by atoms with van der Waals surface area (Å²) in [7, 11) is 0. The molecule has 1 saturated heterocycles. The zero-order chi connectivity index (χ0) is 15.6. The van der Waals surface area contributed by atoms with Crippen molar-refractivity contribution in [1.82, 2.24) is 15.3 Å². The number of rotatable bonds is 3. The van der Waals surface area contributed by atoms with Crippen molar-refractivity contribution in [2.24, 2.45) is 0 Å². The quantitative estimate of drug-likeness (QED) is 0.945. The average Bonchev–Trinajstić information content (AvgIpc) is 3.00. The second-order valence-corrected chi connectivity index (χ2v) is 5.02. The van der Waals surface area contributed by atoms with Gasteiger partial charge in [-0.05, 0) is 31.5 Å². The number of nitrogens with zero attached hydrogens (tertiary/aromatic N) is 2. The van der Waals surface area contributed by atoms with Crippen LogP contribution in [0.1, 0.15) is 18.4 Å². The molecule has 1 unspecified atom stereocenters. The lowest BCUT2D eigenvalue weighted by Gasteiger charge is -2.13. The van der Waals surface area contributed by atoms with E-state index < -0.39 is 11.7 Å². The van der Waals surface area contributed by atoms with E-state index in [1.807, 2.05) is 0 Å². The van der Waals surface area contributed by atoms with E-state index in [0.717, 1.165) is 31.5 Å². The molecule has 0 radical (unpaired) electrons. The summed E-state index contributed by atoms with van der Waals surface area (Å²) in [6.07, 6.45) is 0.477. The van der Waals surface area contributed by atoms with Crippen LogP contribution in [-0.4, -0.2) is 22.7 Å². The van der Waals surface area contributed by atoms with E-state index in [2.05, 4.69) is 15.3 Å². The van der Waals surface area contributed by atoms with Crippen molar-refractivity contribution < 1.29 is 17.9 Å². The van der Waals surface area contributed by atoms with E-state index in [4.69, 9.17) is 4.74 Å². The molecule has 7 heteroatoms. The van der Waals surface area contributed by atoms with Gasteiger partial charge >= 0.3 is 6.18 Å². The van der Waals surface area contributed by atoms with Crippen LogP contribution in [0.4, 0.5) is 13.2 Å². The molecule has 1 fully saturated rings. The van der Waals surface area contributed by atoms with Gasteiger partial charge in [-0.15, -0.1) is 0 Å². The highest BCUT2D eigenvalue weighted by atomic mass is 19.4. The lowest BCUT2D eigenvalue weighted by atomic mass is 10.1. The molecule has 2 aromatic rings. The fourth-order valence-corrected chi connectivity index (χ4v) is 2.28. The molecular weight excluding hydrogens is 295 g/mol. The maximum absolute atomic E-state index is 12.7. The molecule has 0 bridgehead atoms. The van der Waals surface area contributed by atoms with Gasteiger partial charge in [-0.3, -0.25) is 5.32 Å². The molecule has 4 nitrogen and oxygen atoms in total. The molecule has 1 aromatic carbocycles. The van der Waals surface area contributed by atoms with Crippen molar-refractivity contribution in [3.05, 3.63) is 42.2 Å². The molecule has 1 atom stereocenters. The molecular formula is C15H14F3N3O. The SMILES string of the molecule is FC(F)(F)c1cccc(-c2ncc(OC3CCCN3)cn2)c1. The average molecular weight is 309 g/mol. The Balaban J connectivity index is 1.77. The smallest absolute Gasteiger partial charge is 0.416 e. The second kappa shape index (κ2) is 5.92.